The summed E-state index contributed by atoms with van der Waals surface area (Å²) in [5.74, 6) is 1.88. The molecule has 0 aromatic heterocycles. The summed E-state index contributed by atoms with van der Waals surface area (Å²) in [5, 5.41) is 0. The van der Waals surface area contributed by atoms with Crippen molar-refractivity contribution in [3.05, 3.63) is 24.3 Å². The van der Waals surface area contributed by atoms with Crippen molar-refractivity contribution < 1.29 is 17.9 Å². The third-order valence-corrected chi connectivity index (χ3v) is 5.70. The molecule has 23 heavy (non-hydrogen) atoms. The zero-order valence-electron chi connectivity index (χ0n) is 13.8. The van der Waals surface area contributed by atoms with Gasteiger partial charge in [0.1, 0.15) is 22.5 Å². The largest absolute Gasteiger partial charge is 0.486 e. The van der Waals surface area contributed by atoms with E-state index >= 15 is 0 Å². The van der Waals surface area contributed by atoms with Crippen LogP contribution in [0.25, 0.3) is 0 Å². The van der Waals surface area contributed by atoms with E-state index in [0.29, 0.717) is 12.4 Å². The Morgan fingerprint density at radius 2 is 1.96 bits per heavy atom. The Hall–Kier alpha value is -1.27. The molecule has 128 valence electrons. The lowest BCUT2D eigenvalue weighted by Crippen LogP contribution is -2.43. The van der Waals surface area contributed by atoms with Gasteiger partial charge < -0.3 is 9.47 Å². The highest BCUT2D eigenvalue weighted by atomic mass is 32.2. The molecule has 1 aromatic carbocycles. The highest BCUT2D eigenvalue weighted by Gasteiger charge is 2.46. The molecule has 1 fully saturated rings. The Kier molecular flexibility index (Phi) is 4.56. The molecule has 0 amide bonds. The van der Waals surface area contributed by atoms with Crippen molar-refractivity contribution in [1.29, 1.82) is 0 Å². The van der Waals surface area contributed by atoms with Gasteiger partial charge in [-0.05, 0) is 36.9 Å². The minimum atomic E-state index is -2.93. The smallest absolute Gasteiger partial charge is 0.161 e. The predicted octanol–water partition coefficient (Wildman–Crippen LogP) is 1.97. The molecule has 0 spiro atoms. The maximum Gasteiger partial charge on any atom is 0.161 e. The molecule has 0 unspecified atom stereocenters. The summed E-state index contributed by atoms with van der Waals surface area (Å²) < 4.78 is 35.0. The summed E-state index contributed by atoms with van der Waals surface area (Å²) in [5.41, 5.74) is -0.0446. The maximum atomic E-state index is 11.6. The Morgan fingerprint density at radius 3 is 2.57 bits per heavy atom. The molecule has 6 heteroatoms. The normalized spacial score (nSPS) is 22.1. The number of nitrogens with zero attached hydrogens (tertiary/aromatic N) is 1. The summed E-state index contributed by atoms with van der Waals surface area (Å²) in [6, 6.07) is 7.70. The highest BCUT2D eigenvalue weighted by Crippen LogP contribution is 2.47. The molecule has 0 N–H and O–H groups in total. The molecule has 1 atom stereocenters. The Labute approximate surface area is 138 Å². The van der Waals surface area contributed by atoms with Gasteiger partial charge in [0.2, 0.25) is 0 Å². The first kappa shape index (κ1) is 16.6. The van der Waals surface area contributed by atoms with Gasteiger partial charge in [0.15, 0.2) is 11.5 Å². The lowest BCUT2D eigenvalue weighted by Gasteiger charge is -2.32. The fraction of sp³-hybridized carbons (Fsp3) is 0.647. The number of hydrogen-bond donors (Lipinski definition) is 0. The Morgan fingerprint density at radius 1 is 1.26 bits per heavy atom. The van der Waals surface area contributed by atoms with Gasteiger partial charge in [-0.25, -0.2) is 8.42 Å². The number of likely N-dealkylation sites (N-methyl/N-ethyl adjacent to an activating group) is 1. The monoisotopic (exact) mass is 339 g/mol. The van der Waals surface area contributed by atoms with Crippen LogP contribution in [0.5, 0.6) is 11.5 Å². The Bertz CT molecular complexity index is 654. The first-order valence-corrected chi connectivity index (χ1v) is 10.2. The molecule has 2 aliphatic rings. The molecule has 1 heterocycles. The van der Waals surface area contributed by atoms with Crippen LogP contribution in [0.4, 0.5) is 0 Å². The summed E-state index contributed by atoms with van der Waals surface area (Å²) in [4.78, 5) is 2.29. The van der Waals surface area contributed by atoms with Gasteiger partial charge >= 0.3 is 0 Å². The summed E-state index contributed by atoms with van der Waals surface area (Å²) in [7, 11) is -2.93. The van der Waals surface area contributed by atoms with E-state index in [1.807, 2.05) is 24.3 Å². The third kappa shape index (κ3) is 4.38. The first-order valence-electron chi connectivity index (χ1n) is 8.18. The van der Waals surface area contributed by atoms with Crippen LogP contribution < -0.4 is 9.47 Å². The highest BCUT2D eigenvalue weighted by molar-refractivity contribution is 7.90. The zero-order chi connectivity index (χ0) is 16.5. The number of hydrogen-bond acceptors (Lipinski definition) is 5. The lowest BCUT2D eigenvalue weighted by atomic mass is 10.1. The topological polar surface area (TPSA) is 55.8 Å². The van der Waals surface area contributed by atoms with Crippen LogP contribution in [-0.4, -0.2) is 57.7 Å². The number of ether oxygens (including phenoxy) is 2. The molecule has 1 saturated carbocycles. The van der Waals surface area contributed by atoms with E-state index in [1.165, 1.54) is 6.26 Å². The third-order valence-electron chi connectivity index (χ3n) is 4.56. The molecule has 1 aromatic rings. The molecule has 0 saturated heterocycles. The van der Waals surface area contributed by atoms with E-state index in [4.69, 9.17) is 9.47 Å². The van der Waals surface area contributed by atoms with Crippen LogP contribution in [0.15, 0.2) is 24.3 Å². The van der Waals surface area contributed by atoms with Crippen molar-refractivity contribution in [2.24, 2.45) is 5.41 Å². The SMILES string of the molecule is CCN(C[C@@H]1COc2ccccc2O1)CC1(CS(C)(=O)=O)CC1. The minimum absolute atomic E-state index is 0.0149. The van der Waals surface area contributed by atoms with Gasteiger partial charge in [0.25, 0.3) is 0 Å². The second kappa shape index (κ2) is 6.32. The van der Waals surface area contributed by atoms with Crippen molar-refractivity contribution in [2.75, 3.05) is 38.2 Å². The number of benzene rings is 1. The van der Waals surface area contributed by atoms with Crippen LogP contribution in [-0.2, 0) is 9.84 Å². The van der Waals surface area contributed by atoms with Crippen molar-refractivity contribution >= 4 is 9.84 Å². The van der Waals surface area contributed by atoms with Crippen LogP contribution in [0.1, 0.15) is 19.8 Å². The fourth-order valence-corrected chi connectivity index (χ4v) is 4.79. The quantitative estimate of drug-likeness (QED) is 0.760. The van der Waals surface area contributed by atoms with E-state index in [0.717, 1.165) is 44.0 Å². The van der Waals surface area contributed by atoms with Gasteiger partial charge in [-0.2, -0.15) is 0 Å². The summed E-state index contributed by atoms with van der Waals surface area (Å²) in [6.07, 6.45) is 3.32. The molecular formula is C17H25NO4S. The van der Waals surface area contributed by atoms with Crippen LogP contribution in [0, 0.1) is 5.41 Å². The second-order valence-electron chi connectivity index (χ2n) is 6.90. The molecule has 1 aliphatic heterocycles. The lowest BCUT2D eigenvalue weighted by molar-refractivity contribution is 0.0552. The average Bonchev–Trinajstić information content (AvgIpc) is 3.23. The molecule has 1 aliphatic carbocycles. The molecule has 5 nitrogen and oxygen atoms in total. The maximum absolute atomic E-state index is 11.6. The molecular weight excluding hydrogens is 314 g/mol. The van der Waals surface area contributed by atoms with E-state index < -0.39 is 9.84 Å². The van der Waals surface area contributed by atoms with Crippen LogP contribution in [0.2, 0.25) is 0 Å². The van der Waals surface area contributed by atoms with Crippen molar-refractivity contribution in [2.45, 2.75) is 25.9 Å². The predicted molar refractivity (Wildman–Crippen MR) is 89.8 cm³/mol. The first-order chi connectivity index (χ1) is 10.9. The van der Waals surface area contributed by atoms with Gasteiger partial charge in [0.05, 0.1) is 5.75 Å². The van der Waals surface area contributed by atoms with Gasteiger partial charge in [-0.3, -0.25) is 4.90 Å². The Balaban J connectivity index is 1.58. The van der Waals surface area contributed by atoms with Gasteiger partial charge in [0, 0.05) is 19.3 Å². The van der Waals surface area contributed by atoms with E-state index in [9.17, 15) is 8.42 Å². The average molecular weight is 339 g/mol. The van der Waals surface area contributed by atoms with E-state index in [2.05, 4.69) is 11.8 Å². The fourth-order valence-electron chi connectivity index (χ4n) is 3.30. The van der Waals surface area contributed by atoms with Gasteiger partial charge in [-0.1, -0.05) is 19.1 Å². The van der Waals surface area contributed by atoms with E-state index in [-0.39, 0.29) is 11.5 Å². The molecule has 0 bridgehead atoms. The van der Waals surface area contributed by atoms with Crippen molar-refractivity contribution in [3.63, 3.8) is 0 Å². The van der Waals surface area contributed by atoms with Crippen molar-refractivity contribution in [1.82, 2.24) is 4.90 Å². The van der Waals surface area contributed by atoms with Crippen LogP contribution in [0.3, 0.4) is 0 Å². The number of sulfone groups is 1. The molecule has 0 radical (unpaired) electrons. The van der Waals surface area contributed by atoms with Crippen LogP contribution >= 0.6 is 0 Å². The standard InChI is InChI=1S/C17H25NO4S/c1-3-18(12-17(8-9-17)13-23(2,19)20)10-14-11-21-15-6-4-5-7-16(15)22-14/h4-7,14H,3,8-13H2,1-2H3/t14-/m1/s1. The molecule has 3 rings (SSSR count). The number of para-hydroxylation sites is 2. The zero-order valence-corrected chi connectivity index (χ0v) is 14.6. The van der Waals surface area contributed by atoms with Crippen molar-refractivity contribution in [3.8, 4) is 11.5 Å². The summed E-state index contributed by atoms with van der Waals surface area (Å²) in [6.45, 7) is 5.10. The van der Waals surface area contributed by atoms with Gasteiger partial charge in [-0.15, -0.1) is 0 Å². The second-order valence-corrected chi connectivity index (χ2v) is 9.04. The summed E-state index contributed by atoms with van der Waals surface area (Å²) >= 11 is 0. The van der Waals surface area contributed by atoms with E-state index in [1.54, 1.807) is 0 Å². The number of rotatable bonds is 7. The number of fused-ring (bicyclic) bond motifs is 1. The minimum Gasteiger partial charge on any atom is -0.486 e.